The van der Waals surface area contributed by atoms with Crippen molar-refractivity contribution in [3.8, 4) is 10.4 Å². The molecule has 0 spiro atoms. The molecule has 0 radical (unpaired) electrons. The van der Waals surface area contributed by atoms with Crippen molar-refractivity contribution in [3.05, 3.63) is 86.1 Å². The second-order valence-electron chi connectivity index (χ2n) is 10.1. The number of hydrogen-bond donors (Lipinski definition) is 1. The van der Waals surface area contributed by atoms with Crippen LogP contribution in [0.4, 0.5) is 14.5 Å². The van der Waals surface area contributed by atoms with E-state index in [0.29, 0.717) is 22.6 Å². The monoisotopic (exact) mass is 574 g/mol. The normalized spacial score (nSPS) is 15.8. The third-order valence-electron chi connectivity index (χ3n) is 7.02. The summed E-state index contributed by atoms with van der Waals surface area (Å²) in [6.45, 7) is -0.0670. The highest BCUT2D eigenvalue weighted by Gasteiger charge is 2.31. The van der Waals surface area contributed by atoms with Gasteiger partial charge in [0.25, 0.3) is 5.56 Å². The Bertz CT molecular complexity index is 1760. The number of thiophene rings is 1. The lowest BCUT2D eigenvalue weighted by Crippen LogP contribution is -2.44. The molecule has 0 aliphatic carbocycles. The first-order valence-electron chi connectivity index (χ1n) is 12.4. The number of nitrogen functional groups attached to an aromatic ring is 1. The van der Waals surface area contributed by atoms with Crippen molar-refractivity contribution in [1.29, 1.82) is 0 Å². The van der Waals surface area contributed by atoms with Crippen LogP contribution in [0.2, 0.25) is 0 Å². The van der Waals surface area contributed by atoms with E-state index < -0.39 is 45.3 Å². The first-order chi connectivity index (χ1) is 18.5. The van der Waals surface area contributed by atoms with Gasteiger partial charge in [0.05, 0.1) is 23.4 Å². The molecule has 8 nitrogen and oxygen atoms in total. The Kier molecular flexibility index (Phi) is 7.21. The Morgan fingerprint density at radius 2 is 1.62 bits per heavy atom. The lowest BCUT2D eigenvalue weighted by molar-refractivity contribution is 0.402. The molecule has 2 N–H and O–H groups in total. The van der Waals surface area contributed by atoms with E-state index in [1.54, 1.807) is 12.1 Å². The molecule has 12 heteroatoms. The van der Waals surface area contributed by atoms with Crippen molar-refractivity contribution < 1.29 is 17.2 Å². The number of nitrogens with two attached hydrogens (primary N) is 1. The molecule has 1 saturated heterocycles. The van der Waals surface area contributed by atoms with E-state index in [-0.39, 0.29) is 35.3 Å². The minimum atomic E-state index is -3.26. The van der Waals surface area contributed by atoms with Gasteiger partial charge in [0.2, 0.25) is 0 Å². The number of anilines is 1. The molecule has 0 unspecified atom stereocenters. The lowest BCUT2D eigenvalue weighted by Gasteiger charge is -2.24. The maximum Gasteiger partial charge on any atom is 0.332 e. The molecule has 3 heterocycles. The molecule has 1 fully saturated rings. The zero-order valence-electron chi connectivity index (χ0n) is 21.5. The summed E-state index contributed by atoms with van der Waals surface area (Å²) in [5, 5.41) is 0.283. The highest BCUT2D eigenvalue weighted by molar-refractivity contribution is 7.91. The molecule has 0 bridgehead atoms. The van der Waals surface area contributed by atoms with E-state index in [1.165, 1.54) is 22.0 Å². The van der Waals surface area contributed by atoms with E-state index in [1.807, 2.05) is 31.1 Å². The van der Waals surface area contributed by atoms with Crippen LogP contribution in [0, 0.1) is 11.6 Å². The Hall–Kier alpha value is -3.35. The molecule has 1 aliphatic heterocycles. The van der Waals surface area contributed by atoms with Crippen molar-refractivity contribution in [2.45, 2.75) is 32.0 Å². The summed E-state index contributed by atoms with van der Waals surface area (Å²) in [5.41, 5.74) is 6.36. The molecule has 39 heavy (non-hydrogen) atoms. The van der Waals surface area contributed by atoms with E-state index >= 15 is 0 Å². The quantitative estimate of drug-likeness (QED) is 0.353. The zero-order valence-corrected chi connectivity index (χ0v) is 23.1. The first kappa shape index (κ1) is 27.2. The number of nitrogens with zero attached hydrogens (tertiary/aromatic N) is 3. The summed E-state index contributed by atoms with van der Waals surface area (Å²) in [4.78, 5) is 30.9. The maximum absolute atomic E-state index is 14.7. The number of benzene rings is 2. The van der Waals surface area contributed by atoms with Crippen LogP contribution in [0.5, 0.6) is 0 Å². The molecule has 0 saturated carbocycles. The van der Waals surface area contributed by atoms with Crippen molar-refractivity contribution in [3.63, 3.8) is 0 Å². The van der Waals surface area contributed by atoms with E-state index in [2.05, 4.69) is 0 Å². The van der Waals surface area contributed by atoms with Crippen LogP contribution < -0.4 is 17.0 Å². The molecule has 2 aromatic heterocycles. The summed E-state index contributed by atoms with van der Waals surface area (Å²) in [5.74, 6) is -1.90. The number of hydrogen-bond acceptors (Lipinski definition) is 7. The molecule has 4 aromatic rings. The number of rotatable bonds is 6. The minimum Gasteiger partial charge on any atom is -0.399 e. The summed E-state index contributed by atoms with van der Waals surface area (Å²) < 4.78 is 56.0. The Balaban J connectivity index is 1.84. The van der Waals surface area contributed by atoms with E-state index in [9.17, 15) is 26.8 Å². The number of sulfone groups is 1. The Morgan fingerprint density at radius 1 is 1.00 bits per heavy atom. The van der Waals surface area contributed by atoms with Crippen molar-refractivity contribution in [2.24, 2.45) is 0 Å². The smallest absolute Gasteiger partial charge is 0.332 e. The largest absolute Gasteiger partial charge is 0.399 e. The van der Waals surface area contributed by atoms with Crippen LogP contribution in [-0.4, -0.2) is 48.1 Å². The van der Waals surface area contributed by atoms with Crippen LogP contribution in [-0.2, 0) is 22.9 Å². The fraction of sp³-hybridized carbons (Fsp3) is 0.333. The van der Waals surface area contributed by atoms with E-state index in [4.69, 9.17) is 5.73 Å². The molecule has 206 valence electrons. The molecule has 2 aromatic carbocycles. The number of halogens is 2. The SMILES string of the molecule is CN(C)Cc1c(-c2ccc(N)cc2)sc2c1c(=O)n(C1CCS(=O)(=O)CC1)c(=O)n2Cc1c(F)cccc1F. The van der Waals surface area contributed by atoms with Gasteiger partial charge in [0.15, 0.2) is 0 Å². The number of aromatic nitrogens is 2. The third kappa shape index (κ3) is 5.15. The van der Waals surface area contributed by atoms with Crippen LogP contribution in [0.1, 0.15) is 30.0 Å². The second-order valence-corrected chi connectivity index (χ2v) is 13.4. The van der Waals surface area contributed by atoms with Crippen molar-refractivity contribution in [1.82, 2.24) is 14.0 Å². The van der Waals surface area contributed by atoms with Crippen LogP contribution >= 0.6 is 11.3 Å². The third-order valence-corrected chi connectivity index (χ3v) is 10.0. The standard InChI is InChI=1S/C27H28F2N4O4S2/c1-31(2)14-20-23-25(34)33(18-10-12-39(36,37)13-11-18)27(35)32(15-19-21(28)4-3-5-22(19)29)26(23)38-24(20)16-6-8-17(30)9-7-16/h3-9,18H,10-15,30H2,1-2H3. The van der Waals surface area contributed by atoms with Crippen molar-refractivity contribution in [2.75, 3.05) is 31.3 Å². The molecule has 0 atom stereocenters. The van der Waals surface area contributed by atoms with Gasteiger partial charge < -0.3 is 10.6 Å². The van der Waals surface area contributed by atoms with Gasteiger partial charge in [0, 0.05) is 28.7 Å². The van der Waals surface area contributed by atoms with Gasteiger partial charge in [-0.3, -0.25) is 13.9 Å². The van der Waals surface area contributed by atoms with E-state index in [0.717, 1.165) is 27.1 Å². The van der Waals surface area contributed by atoms with Crippen LogP contribution in [0.15, 0.2) is 52.1 Å². The average molecular weight is 575 g/mol. The highest BCUT2D eigenvalue weighted by Crippen LogP contribution is 2.38. The molecule has 1 aliphatic rings. The van der Waals surface area contributed by atoms with Gasteiger partial charge in [0.1, 0.15) is 26.3 Å². The lowest BCUT2D eigenvalue weighted by atomic mass is 10.1. The van der Waals surface area contributed by atoms with Gasteiger partial charge in [-0.05, 0) is 62.3 Å². The van der Waals surface area contributed by atoms with Gasteiger partial charge in [-0.1, -0.05) is 18.2 Å². The zero-order chi connectivity index (χ0) is 28.1. The minimum absolute atomic E-state index is 0.106. The second kappa shape index (κ2) is 10.3. The fourth-order valence-electron chi connectivity index (χ4n) is 5.06. The van der Waals surface area contributed by atoms with Gasteiger partial charge in [-0.2, -0.15) is 0 Å². The van der Waals surface area contributed by atoms with Crippen LogP contribution in [0.3, 0.4) is 0 Å². The van der Waals surface area contributed by atoms with Crippen molar-refractivity contribution >= 4 is 37.1 Å². The first-order valence-corrected chi connectivity index (χ1v) is 15.1. The molecule has 0 amide bonds. The maximum atomic E-state index is 14.7. The predicted molar refractivity (Wildman–Crippen MR) is 150 cm³/mol. The molecular weight excluding hydrogens is 546 g/mol. The topological polar surface area (TPSA) is 107 Å². The van der Waals surface area contributed by atoms with Gasteiger partial charge >= 0.3 is 5.69 Å². The summed E-state index contributed by atoms with van der Waals surface area (Å²) in [6, 6.07) is 9.95. The summed E-state index contributed by atoms with van der Waals surface area (Å²) in [6.07, 6.45) is 0.212. The predicted octanol–water partition coefficient (Wildman–Crippen LogP) is 3.61. The number of fused-ring (bicyclic) bond motifs is 1. The average Bonchev–Trinajstić information content (AvgIpc) is 3.23. The molecule has 5 rings (SSSR count). The highest BCUT2D eigenvalue weighted by atomic mass is 32.2. The van der Waals surface area contributed by atoms with Gasteiger partial charge in [-0.25, -0.2) is 22.0 Å². The Morgan fingerprint density at radius 3 is 2.21 bits per heavy atom. The van der Waals surface area contributed by atoms with Crippen LogP contribution in [0.25, 0.3) is 20.7 Å². The molecular formula is C27H28F2N4O4S2. The summed E-state index contributed by atoms with van der Waals surface area (Å²) in [7, 11) is 0.446. The van der Waals surface area contributed by atoms with Gasteiger partial charge in [-0.15, -0.1) is 11.3 Å². The fourth-order valence-corrected chi connectivity index (χ4v) is 7.83. The Labute approximate surface area is 227 Å². The summed E-state index contributed by atoms with van der Waals surface area (Å²) >= 11 is 1.21.